The van der Waals surface area contributed by atoms with Gasteiger partial charge in [0.05, 0.1) is 12.1 Å². The second kappa shape index (κ2) is 6.68. The summed E-state index contributed by atoms with van der Waals surface area (Å²) in [6, 6.07) is 7.31. The summed E-state index contributed by atoms with van der Waals surface area (Å²) in [5, 5.41) is 15.0. The lowest BCUT2D eigenvalue weighted by Gasteiger charge is -2.29. The van der Waals surface area contributed by atoms with Gasteiger partial charge in [-0.05, 0) is 51.3 Å². The average molecular weight is 405 g/mol. The summed E-state index contributed by atoms with van der Waals surface area (Å²) in [5.41, 5.74) is -0.551. The molecule has 1 aromatic carbocycles. The predicted octanol–water partition coefficient (Wildman–Crippen LogP) is 2.16. The monoisotopic (exact) mass is 404 g/mol. The fraction of sp³-hybridized carbons (Fsp3) is 0.500. The highest BCUT2D eigenvalue weighted by molar-refractivity contribution is 9.10. The lowest BCUT2D eigenvalue weighted by molar-refractivity contribution is -0.127. The molecule has 0 radical (unpaired) electrons. The minimum Gasteiger partial charge on any atom is -0.349 e. The van der Waals surface area contributed by atoms with Crippen molar-refractivity contribution in [2.24, 2.45) is 0 Å². The second-order valence-corrected chi connectivity index (χ2v) is 8.13. The van der Waals surface area contributed by atoms with Crippen LogP contribution >= 0.6 is 15.9 Å². The first kappa shape index (κ1) is 17.7. The summed E-state index contributed by atoms with van der Waals surface area (Å²) in [6.07, 6.45) is 4.96. The lowest BCUT2D eigenvalue weighted by Crippen LogP contribution is -2.58. The fourth-order valence-corrected chi connectivity index (χ4v) is 4.09. The molecule has 2 heterocycles. The number of fused-ring (bicyclic) bond motifs is 2. The van der Waals surface area contributed by atoms with E-state index in [1.807, 2.05) is 6.07 Å². The van der Waals surface area contributed by atoms with Gasteiger partial charge in [0.1, 0.15) is 5.54 Å². The Morgan fingerprint density at radius 2 is 2.12 bits per heavy atom. The van der Waals surface area contributed by atoms with Crippen LogP contribution in [0.1, 0.15) is 43.5 Å². The van der Waals surface area contributed by atoms with E-state index < -0.39 is 5.54 Å². The van der Waals surface area contributed by atoms with Crippen molar-refractivity contribution in [1.29, 1.82) is 5.26 Å². The van der Waals surface area contributed by atoms with E-state index in [-0.39, 0.29) is 29.9 Å². The van der Waals surface area contributed by atoms with E-state index >= 15 is 0 Å². The number of halogens is 1. The molecule has 1 aromatic rings. The molecule has 0 spiro atoms. The summed E-state index contributed by atoms with van der Waals surface area (Å²) < 4.78 is 0.806. The van der Waals surface area contributed by atoms with E-state index in [9.17, 15) is 14.9 Å². The summed E-state index contributed by atoms with van der Waals surface area (Å²) in [5.74, 6) is -0.528. The zero-order valence-corrected chi connectivity index (χ0v) is 15.8. The zero-order valence-electron chi connectivity index (χ0n) is 14.3. The van der Waals surface area contributed by atoms with Gasteiger partial charge in [0.25, 0.3) is 5.91 Å². The van der Waals surface area contributed by atoms with Crippen LogP contribution in [0, 0.1) is 11.5 Å². The quantitative estimate of drug-likeness (QED) is 0.752. The maximum Gasteiger partial charge on any atom is 0.252 e. The Balaban J connectivity index is 1.63. The van der Waals surface area contributed by atoms with Gasteiger partial charge in [-0.15, -0.1) is 0 Å². The van der Waals surface area contributed by atoms with Crippen molar-refractivity contribution in [1.82, 2.24) is 15.5 Å². The number of hydrogen-bond donors (Lipinski definition) is 2. The minimum atomic E-state index is -1.04. The summed E-state index contributed by atoms with van der Waals surface area (Å²) in [7, 11) is 0. The molecule has 2 saturated heterocycles. The molecule has 0 aliphatic carbocycles. The van der Waals surface area contributed by atoms with Gasteiger partial charge >= 0.3 is 0 Å². The molecule has 6 nitrogen and oxygen atoms in total. The molecule has 2 fully saturated rings. The fourth-order valence-electron chi connectivity index (χ4n) is 3.69. The van der Waals surface area contributed by atoms with Crippen LogP contribution in [0.25, 0.3) is 0 Å². The predicted molar refractivity (Wildman–Crippen MR) is 96.5 cm³/mol. The molecule has 2 aliphatic heterocycles. The summed E-state index contributed by atoms with van der Waals surface area (Å²) >= 11 is 3.34. The number of benzene rings is 1. The van der Waals surface area contributed by atoms with Crippen molar-refractivity contribution in [3.05, 3.63) is 34.3 Å². The summed E-state index contributed by atoms with van der Waals surface area (Å²) in [6.45, 7) is 3.38. The van der Waals surface area contributed by atoms with Gasteiger partial charge in [0.2, 0.25) is 5.91 Å². The number of nitrogens with zero attached hydrogens (tertiary/aromatic N) is 2. The van der Waals surface area contributed by atoms with Crippen molar-refractivity contribution in [2.75, 3.05) is 0 Å². The van der Waals surface area contributed by atoms with Gasteiger partial charge in [0.15, 0.2) is 6.19 Å². The highest BCUT2D eigenvalue weighted by atomic mass is 79.9. The molecule has 3 atom stereocenters. The van der Waals surface area contributed by atoms with Crippen molar-refractivity contribution in [2.45, 2.75) is 56.8 Å². The highest BCUT2D eigenvalue weighted by Gasteiger charge is 2.47. The van der Waals surface area contributed by atoms with E-state index in [1.54, 1.807) is 36.9 Å². The molecule has 2 bridgehead atoms. The van der Waals surface area contributed by atoms with Gasteiger partial charge in [0, 0.05) is 16.1 Å². The smallest absolute Gasteiger partial charge is 0.252 e. The lowest BCUT2D eigenvalue weighted by atomic mass is 9.94. The van der Waals surface area contributed by atoms with Crippen molar-refractivity contribution in [3.63, 3.8) is 0 Å². The Kier molecular flexibility index (Phi) is 4.74. The van der Waals surface area contributed by atoms with Crippen LogP contribution in [-0.4, -0.2) is 40.4 Å². The van der Waals surface area contributed by atoms with Gasteiger partial charge < -0.3 is 15.5 Å². The van der Waals surface area contributed by atoms with E-state index in [0.29, 0.717) is 5.56 Å². The van der Waals surface area contributed by atoms with Gasteiger partial charge in [-0.3, -0.25) is 9.59 Å². The average Bonchev–Trinajstić information content (AvgIpc) is 3.10. The van der Waals surface area contributed by atoms with E-state index in [0.717, 1.165) is 23.7 Å². The van der Waals surface area contributed by atoms with Crippen LogP contribution in [-0.2, 0) is 4.79 Å². The zero-order chi connectivity index (χ0) is 18.2. The molecular formula is C18H21BrN4O2. The van der Waals surface area contributed by atoms with Crippen LogP contribution in [0.2, 0.25) is 0 Å². The topological polar surface area (TPSA) is 85.2 Å². The maximum absolute atomic E-state index is 12.7. The van der Waals surface area contributed by atoms with Crippen LogP contribution in [0.15, 0.2) is 28.7 Å². The Bertz CT molecular complexity index is 743. The molecule has 3 unspecified atom stereocenters. The largest absolute Gasteiger partial charge is 0.349 e. The third-order valence-electron chi connectivity index (χ3n) is 5.05. The van der Waals surface area contributed by atoms with Crippen LogP contribution in [0.5, 0.6) is 0 Å². The van der Waals surface area contributed by atoms with Gasteiger partial charge in [-0.1, -0.05) is 22.0 Å². The van der Waals surface area contributed by atoms with Gasteiger partial charge in [-0.25, -0.2) is 0 Å². The first-order valence-corrected chi connectivity index (χ1v) is 9.18. The molecule has 0 aromatic heterocycles. The Morgan fingerprint density at radius 1 is 1.36 bits per heavy atom. The molecule has 2 amide bonds. The number of amides is 2. The Hall–Kier alpha value is -2.07. The first-order chi connectivity index (χ1) is 11.8. The molecule has 2 N–H and O–H groups in total. The molecule has 0 saturated carbocycles. The number of rotatable bonds is 4. The Morgan fingerprint density at radius 3 is 2.76 bits per heavy atom. The van der Waals surface area contributed by atoms with E-state index in [2.05, 4.69) is 32.8 Å². The van der Waals surface area contributed by atoms with Gasteiger partial charge in [-0.2, -0.15) is 5.26 Å². The number of nitrogens with one attached hydrogen (secondary N) is 2. The number of carbonyl (C=O) groups is 2. The minimum absolute atomic E-state index is 0.0343. The SMILES string of the molecule is CC(C)(NC(=O)c1cccc(Br)c1)C(=O)NC1CC2CCC1N2C#N. The number of nitriles is 1. The number of hydrogen-bond acceptors (Lipinski definition) is 4. The first-order valence-electron chi connectivity index (χ1n) is 8.39. The molecule has 7 heteroatoms. The molecule has 132 valence electrons. The molecule has 2 aliphatic rings. The van der Waals surface area contributed by atoms with Crippen LogP contribution < -0.4 is 10.6 Å². The van der Waals surface area contributed by atoms with Crippen molar-refractivity contribution < 1.29 is 9.59 Å². The normalized spacial score (nSPS) is 24.7. The maximum atomic E-state index is 12.7. The van der Waals surface area contributed by atoms with E-state index in [4.69, 9.17) is 0 Å². The summed E-state index contributed by atoms with van der Waals surface area (Å²) in [4.78, 5) is 26.9. The van der Waals surface area contributed by atoms with Crippen LogP contribution in [0.3, 0.4) is 0 Å². The highest BCUT2D eigenvalue weighted by Crippen LogP contribution is 2.37. The standard InChI is InChI=1S/C18H21BrN4O2/c1-18(2,22-16(24)11-4-3-5-12(19)8-11)17(25)21-14-9-13-6-7-15(14)23(13)10-20/h3-5,8,13-15H,6-7,9H2,1-2H3,(H,21,25)(H,22,24). The second-order valence-electron chi connectivity index (χ2n) is 7.21. The van der Waals surface area contributed by atoms with Crippen LogP contribution in [0.4, 0.5) is 0 Å². The third-order valence-corrected chi connectivity index (χ3v) is 5.54. The van der Waals surface area contributed by atoms with Crippen molar-refractivity contribution in [3.8, 4) is 6.19 Å². The Labute approximate surface area is 155 Å². The van der Waals surface area contributed by atoms with Crippen molar-refractivity contribution >= 4 is 27.7 Å². The third kappa shape index (κ3) is 3.49. The molecule has 3 rings (SSSR count). The number of carbonyl (C=O) groups excluding carboxylic acids is 2. The molecular weight excluding hydrogens is 384 g/mol. The molecule has 25 heavy (non-hydrogen) atoms. The van der Waals surface area contributed by atoms with E-state index in [1.165, 1.54) is 0 Å².